The minimum Gasteiger partial charge on any atom is -0.456 e. The normalized spacial score (nSPS) is 15.8. The highest BCUT2D eigenvalue weighted by molar-refractivity contribution is 7.26. The van der Waals surface area contributed by atoms with Gasteiger partial charge in [0.1, 0.15) is 11.2 Å². The fourth-order valence-corrected chi connectivity index (χ4v) is 13.9. The summed E-state index contributed by atoms with van der Waals surface area (Å²) in [6.45, 7) is 4.75. The Bertz CT molecular complexity index is 4110. The van der Waals surface area contributed by atoms with Gasteiger partial charge in [0.15, 0.2) is 0 Å². The van der Waals surface area contributed by atoms with Crippen LogP contribution >= 0.6 is 11.3 Å². The smallest absolute Gasteiger partial charge is 0.135 e. The van der Waals surface area contributed by atoms with E-state index in [0.717, 1.165) is 39.0 Å². The third-order valence-corrected chi connectivity index (χ3v) is 16.7. The van der Waals surface area contributed by atoms with E-state index in [-0.39, 0.29) is 5.41 Å². The highest BCUT2D eigenvalue weighted by Crippen LogP contribution is 2.64. The number of anilines is 3. The Labute approximate surface area is 392 Å². The lowest BCUT2D eigenvalue weighted by atomic mass is 9.65. The first-order chi connectivity index (χ1) is 33.0. The van der Waals surface area contributed by atoms with Crippen LogP contribution in [0.25, 0.3) is 86.6 Å². The first-order valence-corrected chi connectivity index (χ1v) is 24.1. The van der Waals surface area contributed by atoms with Gasteiger partial charge >= 0.3 is 0 Å². The van der Waals surface area contributed by atoms with Crippen molar-refractivity contribution >= 4 is 70.5 Å². The van der Waals surface area contributed by atoms with Crippen LogP contribution in [0, 0.1) is 0 Å². The minimum absolute atomic E-state index is 0.168. The molecule has 67 heavy (non-hydrogen) atoms. The lowest BCUT2D eigenvalue weighted by molar-refractivity contribution is 0.660. The van der Waals surface area contributed by atoms with Crippen LogP contribution in [0.1, 0.15) is 47.2 Å². The van der Waals surface area contributed by atoms with Crippen LogP contribution in [0.15, 0.2) is 217 Å². The summed E-state index contributed by atoms with van der Waals surface area (Å²) in [6.07, 6.45) is 0. The van der Waals surface area contributed by atoms with Gasteiger partial charge in [-0.1, -0.05) is 172 Å². The van der Waals surface area contributed by atoms with Crippen LogP contribution < -0.4 is 4.90 Å². The van der Waals surface area contributed by atoms with E-state index in [0.29, 0.717) is 0 Å². The average Bonchev–Trinajstić information content (AvgIpc) is 4.08. The largest absolute Gasteiger partial charge is 0.456 e. The van der Waals surface area contributed by atoms with Crippen molar-refractivity contribution in [1.29, 1.82) is 0 Å². The molecule has 0 fully saturated rings. The van der Waals surface area contributed by atoms with E-state index in [1.165, 1.54) is 98.1 Å². The molecule has 2 nitrogen and oxygen atoms in total. The van der Waals surface area contributed by atoms with Crippen LogP contribution in [0.4, 0.5) is 17.1 Å². The average molecular weight is 872 g/mol. The molecule has 10 aromatic carbocycles. The Kier molecular flexibility index (Phi) is 7.41. The van der Waals surface area contributed by atoms with Crippen molar-refractivity contribution in [3.63, 3.8) is 0 Å². The summed E-state index contributed by atoms with van der Waals surface area (Å²) in [5.41, 5.74) is 22.5. The van der Waals surface area contributed by atoms with E-state index < -0.39 is 5.41 Å². The molecule has 1 spiro atoms. The van der Waals surface area contributed by atoms with E-state index in [1.807, 2.05) is 11.3 Å². The Morgan fingerprint density at radius 3 is 1.64 bits per heavy atom. The fourth-order valence-electron chi connectivity index (χ4n) is 12.6. The molecule has 3 aliphatic rings. The zero-order valence-electron chi connectivity index (χ0n) is 37.0. The van der Waals surface area contributed by atoms with Gasteiger partial charge in [0, 0.05) is 59.0 Å². The summed E-state index contributed by atoms with van der Waals surface area (Å²) >= 11 is 1.93. The predicted molar refractivity (Wildman–Crippen MR) is 281 cm³/mol. The first kappa shape index (κ1) is 37.3. The Hall–Kier alpha value is -7.98. The highest BCUT2D eigenvalue weighted by Gasteiger charge is 2.51. The van der Waals surface area contributed by atoms with Gasteiger partial charge in [-0.2, -0.15) is 0 Å². The zero-order valence-corrected chi connectivity index (χ0v) is 37.8. The maximum Gasteiger partial charge on any atom is 0.135 e. The molecule has 0 aliphatic heterocycles. The van der Waals surface area contributed by atoms with Gasteiger partial charge in [-0.15, -0.1) is 11.3 Å². The third-order valence-electron chi connectivity index (χ3n) is 15.5. The van der Waals surface area contributed by atoms with Crippen LogP contribution in [-0.2, 0) is 10.8 Å². The number of para-hydroxylation sites is 1. The summed E-state index contributed by atoms with van der Waals surface area (Å²) < 4.78 is 9.11. The number of hydrogen-bond acceptors (Lipinski definition) is 3. The van der Waals surface area contributed by atoms with Crippen LogP contribution in [0.5, 0.6) is 0 Å². The molecule has 3 heteroatoms. The standard InChI is InChI=1S/C64H41NOS/c1-63(2)52-22-10-5-18-44(52)46-31-28-39(36-56(46)63)65(38-29-34-59-51(35-38)47-19-8-13-25-58(47)66-59)40-27-30-45-42-16-4-3-15-41(42)43-17-6-11-23-53(43)64(57(45)37-40)54-24-12-7-21-50(54)61-55(64)33-32-49-48-20-9-14-26-60(48)67-62(49)61/h3-37H,1-2H3. The lowest BCUT2D eigenvalue weighted by Crippen LogP contribution is -2.29. The highest BCUT2D eigenvalue weighted by atomic mass is 32.1. The summed E-state index contributed by atoms with van der Waals surface area (Å²) in [5.74, 6) is 0. The number of thiophene rings is 1. The van der Waals surface area contributed by atoms with Gasteiger partial charge in [-0.25, -0.2) is 0 Å². The Balaban J connectivity index is 1.06. The molecule has 0 saturated carbocycles. The molecule has 314 valence electrons. The van der Waals surface area contributed by atoms with Gasteiger partial charge in [0.25, 0.3) is 0 Å². The van der Waals surface area contributed by atoms with Gasteiger partial charge in [-0.05, 0) is 127 Å². The molecule has 1 unspecified atom stereocenters. The molecule has 1 atom stereocenters. The van der Waals surface area contributed by atoms with Crippen molar-refractivity contribution in [2.24, 2.45) is 0 Å². The van der Waals surface area contributed by atoms with Crippen molar-refractivity contribution in [3.05, 3.63) is 246 Å². The van der Waals surface area contributed by atoms with Gasteiger partial charge in [-0.3, -0.25) is 0 Å². The van der Waals surface area contributed by atoms with E-state index in [4.69, 9.17) is 4.42 Å². The second kappa shape index (κ2) is 13.3. The number of fused-ring (bicyclic) bond motifs is 22. The van der Waals surface area contributed by atoms with E-state index in [9.17, 15) is 0 Å². The van der Waals surface area contributed by atoms with E-state index in [2.05, 4.69) is 231 Å². The van der Waals surface area contributed by atoms with Crippen LogP contribution in [0.3, 0.4) is 0 Å². The van der Waals surface area contributed by atoms with Crippen molar-refractivity contribution < 1.29 is 4.42 Å². The molecule has 0 radical (unpaired) electrons. The van der Waals surface area contributed by atoms with Crippen molar-refractivity contribution in [2.45, 2.75) is 24.7 Å². The second-order valence-corrected chi connectivity index (χ2v) is 20.1. The summed E-state index contributed by atoms with van der Waals surface area (Å²) in [6, 6.07) is 79.8. The van der Waals surface area contributed by atoms with Crippen molar-refractivity contribution in [2.75, 3.05) is 4.90 Å². The number of rotatable bonds is 3. The molecular weight excluding hydrogens is 831 g/mol. The summed E-state index contributed by atoms with van der Waals surface area (Å²) in [7, 11) is 0. The van der Waals surface area contributed by atoms with E-state index in [1.54, 1.807) is 0 Å². The molecule has 2 aromatic heterocycles. The van der Waals surface area contributed by atoms with Crippen molar-refractivity contribution in [3.8, 4) is 44.5 Å². The number of nitrogens with zero attached hydrogens (tertiary/aromatic N) is 1. The van der Waals surface area contributed by atoms with Crippen LogP contribution in [0.2, 0.25) is 0 Å². The molecule has 3 aliphatic carbocycles. The van der Waals surface area contributed by atoms with Crippen LogP contribution in [-0.4, -0.2) is 0 Å². The molecule has 0 amide bonds. The molecule has 2 heterocycles. The number of benzene rings is 10. The quantitative estimate of drug-likeness (QED) is 0.176. The second-order valence-electron chi connectivity index (χ2n) is 19.1. The SMILES string of the molecule is CC1(C)c2ccccc2-c2ccc(N(c3ccc4c(c3)C3(c5ccccc5-c5ccccc5-4)c4ccccc4-c4c3ccc3c4sc4ccccc43)c3ccc4oc5ccccc5c4c3)cc21. The van der Waals surface area contributed by atoms with Gasteiger partial charge in [0.05, 0.1) is 5.41 Å². The number of furan rings is 1. The molecule has 15 rings (SSSR count). The fraction of sp³-hybridized carbons (Fsp3) is 0.0625. The molecule has 0 bridgehead atoms. The lowest BCUT2D eigenvalue weighted by Gasteiger charge is -2.36. The Morgan fingerprint density at radius 2 is 0.881 bits per heavy atom. The van der Waals surface area contributed by atoms with Crippen molar-refractivity contribution in [1.82, 2.24) is 0 Å². The maximum absolute atomic E-state index is 6.44. The van der Waals surface area contributed by atoms with E-state index >= 15 is 0 Å². The molecular formula is C64H41NOS. The van der Waals surface area contributed by atoms with Gasteiger partial charge < -0.3 is 9.32 Å². The first-order valence-electron chi connectivity index (χ1n) is 23.3. The predicted octanol–water partition coefficient (Wildman–Crippen LogP) is 17.7. The summed E-state index contributed by atoms with van der Waals surface area (Å²) in [4.78, 5) is 2.49. The third kappa shape index (κ3) is 4.84. The maximum atomic E-state index is 6.44. The zero-order chi connectivity index (χ0) is 44.2. The minimum atomic E-state index is -0.644. The molecule has 0 saturated heterocycles. The monoisotopic (exact) mass is 871 g/mol. The van der Waals surface area contributed by atoms with Gasteiger partial charge in [0.2, 0.25) is 0 Å². The topological polar surface area (TPSA) is 16.4 Å². The summed E-state index contributed by atoms with van der Waals surface area (Å²) in [5, 5.41) is 4.86. The Morgan fingerprint density at radius 1 is 0.358 bits per heavy atom. The molecule has 0 N–H and O–H groups in total. The number of hydrogen-bond donors (Lipinski definition) is 0. The molecule has 12 aromatic rings.